The molecule has 3 aromatic rings. The van der Waals surface area contributed by atoms with Gasteiger partial charge >= 0.3 is 0 Å². The molecule has 152 valence electrons. The number of aryl methyl sites for hydroxylation is 1. The fraction of sp³-hybridized carbons (Fsp3) is 0.476. The first-order valence-electron chi connectivity index (χ1n) is 9.98. The second-order valence-electron chi connectivity index (χ2n) is 8.14. The summed E-state index contributed by atoms with van der Waals surface area (Å²) in [6, 6.07) is 8.88. The van der Waals surface area contributed by atoms with Crippen molar-refractivity contribution in [2.45, 2.75) is 30.3 Å². The van der Waals surface area contributed by atoms with Crippen LogP contribution in [-0.4, -0.2) is 50.0 Å². The third-order valence-electron chi connectivity index (χ3n) is 6.25. The van der Waals surface area contributed by atoms with E-state index in [0.717, 1.165) is 41.3 Å². The number of benzene rings is 1. The van der Waals surface area contributed by atoms with Gasteiger partial charge in [0.25, 0.3) is 0 Å². The van der Waals surface area contributed by atoms with Crippen LogP contribution in [0.15, 0.2) is 44.7 Å². The van der Waals surface area contributed by atoms with E-state index < -0.39 is 0 Å². The van der Waals surface area contributed by atoms with E-state index in [1.54, 1.807) is 11.8 Å². The Morgan fingerprint density at radius 3 is 3.03 bits per heavy atom. The molecule has 5 rings (SSSR count). The average Bonchev–Trinajstić information content (AvgIpc) is 3.01. The molecule has 1 saturated heterocycles. The number of hydrogen-bond donors (Lipinski definition) is 0. The van der Waals surface area contributed by atoms with Crippen LogP contribution in [0, 0.1) is 12.8 Å². The molecule has 0 amide bonds. The summed E-state index contributed by atoms with van der Waals surface area (Å²) in [6.07, 6.45) is 3.95. The summed E-state index contributed by atoms with van der Waals surface area (Å²) in [7, 11) is 1.98. The van der Waals surface area contributed by atoms with E-state index in [4.69, 9.17) is 4.42 Å². The van der Waals surface area contributed by atoms with Crippen LogP contribution in [0.25, 0.3) is 11.6 Å². The first-order valence-corrected chi connectivity index (χ1v) is 11.8. The van der Waals surface area contributed by atoms with Crippen LogP contribution in [0.3, 0.4) is 0 Å². The van der Waals surface area contributed by atoms with E-state index in [9.17, 15) is 0 Å². The molecule has 6 nitrogen and oxygen atoms in total. The first kappa shape index (κ1) is 19.3. The Labute approximate surface area is 183 Å². The Kier molecular flexibility index (Phi) is 5.04. The van der Waals surface area contributed by atoms with E-state index in [2.05, 4.69) is 60.3 Å². The van der Waals surface area contributed by atoms with Crippen molar-refractivity contribution in [3.8, 4) is 11.6 Å². The second kappa shape index (κ2) is 7.56. The highest BCUT2D eigenvalue weighted by Crippen LogP contribution is 2.59. The van der Waals surface area contributed by atoms with Gasteiger partial charge in [0.15, 0.2) is 17.3 Å². The minimum Gasteiger partial charge on any atom is -0.440 e. The maximum atomic E-state index is 5.45. The highest BCUT2D eigenvalue weighted by molar-refractivity contribution is 9.10. The van der Waals surface area contributed by atoms with Crippen LogP contribution in [0.4, 0.5) is 0 Å². The Morgan fingerprint density at radius 1 is 1.34 bits per heavy atom. The molecule has 8 heteroatoms. The lowest BCUT2D eigenvalue weighted by Gasteiger charge is -2.21. The van der Waals surface area contributed by atoms with Crippen LogP contribution in [0.2, 0.25) is 0 Å². The number of fused-ring (bicyclic) bond motifs is 1. The lowest BCUT2D eigenvalue weighted by atomic mass is 9.95. The molecule has 0 bridgehead atoms. The Bertz CT molecular complexity index is 1030. The van der Waals surface area contributed by atoms with Gasteiger partial charge in [-0.3, -0.25) is 0 Å². The van der Waals surface area contributed by atoms with Gasteiger partial charge in [0.2, 0.25) is 5.82 Å². The second-order valence-corrected chi connectivity index (χ2v) is 10.1. The Balaban J connectivity index is 1.13. The topological polar surface area (TPSA) is 60.0 Å². The number of thioether (sulfide) groups is 1. The summed E-state index contributed by atoms with van der Waals surface area (Å²) in [5, 5.41) is 9.54. The molecule has 2 aromatic heterocycles. The summed E-state index contributed by atoms with van der Waals surface area (Å²) >= 11 is 5.38. The number of oxazole rings is 1. The van der Waals surface area contributed by atoms with Crippen molar-refractivity contribution in [3.63, 3.8) is 0 Å². The van der Waals surface area contributed by atoms with Crippen molar-refractivity contribution in [1.82, 2.24) is 24.6 Å². The normalized spacial score (nSPS) is 23.5. The number of halogens is 1. The largest absolute Gasteiger partial charge is 0.440 e. The van der Waals surface area contributed by atoms with Gasteiger partial charge in [0, 0.05) is 35.8 Å². The monoisotopic (exact) mass is 473 g/mol. The van der Waals surface area contributed by atoms with Gasteiger partial charge in [-0.2, -0.15) is 0 Å². The number of nitrogens with zero attached hydrogens (tertiary/aromatic N) is 5. The number of likely N-dealkylation sites (tertiary alicyclic amines) is 1. The van der Waals surface area contributed by atoms with Gasteiger partial charge in [-0.25, -0.2) is 4.98 Å². The van der Waals surface area contributed by atoms with Crippen LogP contribution in [0.5, 0.6) is 0 Å². The predicted molar refractivity (Wildman–Crippen MR) is 117 cm³/mol. The van der Waals surface area contributed by atoms with Crippen molar-refractivity contribution < 1.29 is 4.42 Å². The quantitative estimate of drug-likeness (QED) is 0.376. The molecule has 0 radical (unpaired) electrons. The van der Waals surface area contributed by atoms with Crippen molar-refractivity contribution in [2.24, 2.45) is 13.0 Å². The molecule has 29 heavy (non-hydrogen) atoms. The molecular weight excluding hydrogens is 450 g/mol. The van der Waals surface area contributed by atoms with Gasteiger partial charge < -0.3 is 13.9 Å². The maximum Gasteiger partial charge on any atom is 0.202 e. The first-order chi connectivity index (χ1) is 14.1. The van der Waals surface area contributed by atoms with Crippen molar-refractivity contribution in [1.29, 1.82) is 0 Å². The van der Waals surface area contributed by atoms with E-state index in [1.165, 1.54) is 35.9 Å². The molecule has 2 fully saturated rings. The zero-order valence-electron chi connectivity index (χ0n) is 16.6. The predicted octanol–water partition coefficient (Wildman–Crippen LogP) is 4.30. The summed E-state index contributed by atoms with van der Waals surface area (Å²) in [5.41, 5.74) is 2.75. The van der Waals surface area contributed by atoms with Gasteiger partial charge in [0.05, 0.1) is 5.69 Å². The fourth-order valence-electron chi connectivity index (χ4n) is 4.61. The van der Waals surface area contributed by atoms with Crippen molar-refractivity contribution in [3.05, 3.63) is 46.4 Å². The van der Waals surface area contributed by atoms with Gasteiger partial charge in [0.1, 0.15) is 0 Å². The van der Waals surface area contributed by atoms with E-state index >= 15 is 0 Å². The van der Waals surface area contributed by atoms with Crippen LogP contribution in [-0.2, 0) is 12.5 Å². The molecule has 2 atom stereocenters. The molecule has 1 aliphatic heterocycles. The summed E-state index contributed by atoms with van der Waals surface area (Å²) in [5.74, 6) is 3.29. The number of aromatic nitrogens is 4. The number of piperidine rings is 1. The smallest absolute Gasteiger partial charge is 0.202 e. The minimum atomic E-state index is 0.407. The molecular formula is C21H24BrN5OS. The molecule has 1 saturated carbocycles. The molecule has 1 unspecified atom stereocenters. The zero-order chi connectivity index (χ0) is 20.0. The average molecular weight is 474 g/mol. The van der Waals surface area contributed by atoms with Crippen LogP contribution >= 0.6 is 27.7 Å². The Hall–Kier alpha value is -1.64. The van der Waals surface area contributed by atoms with Crippen molar-refractivity contribution in [2.75, 3.05) is 25.4 Å². The standard InChI is InChI=1S/C21H24BrN5OS/c1-14-18(28-13-23-14)19-24-25-20(26(19)2)29-8-4-7-27-11-16-10-21(16,12-27)15-5-3-6-17(22)9-15/h3,5-6,9,13,16H,4,7-8,10-12H2,1-2H3/t16-,21?/m1/s1. The SMILES string of the molecule is Cc1ncoc1-c1nnc(SCCCN2C[C@H]3CC3(c3cccc(Br)c3)C2)n1C. The van der Waals surface area contributed by atoms with Crippen LogP contribution < -0.4 is 0 Å². The lowest BCUT2D eigenvalue weighted by Crippen LogP contribution is -2.27. The van der Waals surface area contributed by atoms with Gasteiger partial charge in [-0.1, -0.05) is 39.8 Å². The van der Waals surface area contributed by atoms with Gasteiger partial charge in [-0.15, -0.1) is 10.2 Å². The maximum absolute atomic E-state index is 5.45. The van der Waals surface area contributed by atoms with E-state index in [1.807, 2.05) is 18.5 Å². The van der Waals surface area contributed by atoms with E-state index in [0.29, 0.717) is 11.2 Å². The zero-order valence-corrected chi connectivity index (χ0v) is 19.0. The lowest BCUT2D eigenvalue weighted by molar-refractivity contribution is 0.299. The highest BCUT2D eigenvalue weighted by Gasteiger charge is 2.60. The molecule has 2 aliphatic rings. The Morgan fingerprint density at radius 2 is 2.24 bits per heavy atom. The summed E-state index contributed by atoms with van der Waals surface area (Å²) in [6.45, 7) is 5.49. The summed E-state index contributed by atoms with van der Waals surface area (Å²) < 4.78 is 8.63. The molecule has 1 aromatic carbocycles. The molecule has 0 spiro atoms. The third-order valence-corrected chi connectivity index (χ3v) is 7.85. The number of rotatable bonds is 7. The molecule has 3 heterocycles. The number of hydrogen-bond acceptors (Lipinski definition) is 6. The van der Waals surface area contributed by atoms with Crippen molar-refractivity contribution >= 4 is 27.7 Å². The van der Waals surface area contributed by atoms with Crippen LogP contribution in [0.1, 0.15) is 24.1 Å². The minimum absolute atomic E-state index is 0.407. The molecule has 0 N–H and O–H groups in total. The highest BCUT2D eigenvalue weighted by atomic mass is 79.9. The fourth-order valence-corrected chi connectivity index (χ4v) is 5.84. The summed E-state index contributed by atoms with van der Waals surface area (Å²) in [4.78, 5) is 6.78. The van der Waals surface area contributed by atoms with E-state index in [-0.39, 0.29) is 0 Å². The third kappa shape index (κ3) is 3.55. The molecule has 1 aliphatic carbocycles. The van der Waals surface area contributed by atoms with Gasteiger partial charge in [-0.05, 0) is 49.9 Å².